The van der Waals surface area contributed by atoms with Gasteiger partial charge in [0.2, 0.25) is 0 Å². The summed E-state index contributed by atoms with van der Waals surface area (Å²) in [6, 6.07) is 4.39. The number of hydrogen-bond acceptors (Lipinski definition) is 3. The summed E-state index contributed by atoms with van der Waals surface area (Å²) in [4.78, 5) is 0.754. The molecule has 6 rings (SSSR count). The first-order valence-corrected chi connectivity index (χ1v) is 16.6. The fourth-order valence-corrected chi connectivity index (χ4v) is 12.7. The summed E-state index contributed by atoms with van der Waals surface area (Å²) in [5.41, 5.74) is 3.27. The van der Waals surface area contributed by atoms with Gasteiger partial charge in [0.05, 0.1) is 11.7 Å². The summed E-state index contributed by atoms with van der Waals surface area (Å²) < 4.78 is 0. The lowest BCUT2D eigenvalue weighted by Crippen LogP contribution is -2.66. The number of aliphatic hydroxyl groups excluding tert-OH is 1. The fourth-order valence-electron chi connectivity index (χ4n) is 12.0. The largest absolute Gasteiger partial charge is 0.393 e. The summed E-state index contributed by atoms with van der Waals surface area (Å²) >= 11 is 1.51. The zero-order chi connectivity index (χ0) is 28.0. The van der Waals surface area contributed by atoms with Crippen LogP contribution in [0.15, 0.2) is 23.6 Å². The van der Waals surface area contributed by atoms with Crippen LogP contribution in [0.5, 0.6) is 0 Å². The summed E-state index contributed by atoms with van der Waals surface area (Å²) in [5, 5.41) is 22.6. The van der Waals surface area contributed by atoms with Gasteiger partial charge in [-0.2, -0.15) is 5.26 Å². The second-order valence-corrected chi connectivity index (χ2v) is 16.7. The van der Waals surface area contributed by atoms with Crippen molar-refractivity contribution in [3.8, 4) is 17.9 Å². The molecule has 5 fully saturated rings. The van der Waals surface area contributed by atoms with Crippen LogP contribution in [-0.4, -0.2) is 11.2 Å². The van der Waals surface area contributed by atoms with E-state index in [9.17, 15) is 10.4 Å². The minimum atomic E-state index is -0.166. The molecule has 210 valence electrons. The van der Waals surface area contributed by atoms with Gasteiger partial charge in [0.15, 0.2) is 0 Å². The number of rotatable bonds is 1. The van der Waals surface area contributed by atoms with Crippen LogP contribution >= 0.6 is 11.3 Å². The Balaban J connectivity index is 1.40. The van der Waals surface area contributed by atoms with E-state index < -0.39 is 0 Å². The number of nitrogens with zero attached hydrogens (tertiary/aromatic N) is 1. The van der Waals surface area contributed by atoms with E-state index in [4.69, 9.17) is 0 Å². The first kappa shape index (κ1) is 27.6. The topological polar surface area (TPSA) is 44.0 Å². The quantitative estimate of drug-likeness (QED) is 0.284. The monoisotopic (exact) mass is 543 g/mol. The van der Waals surface area contributed by atoms with E-state index >= 15 is 0 Å². The third kappa shape index (κ3) is 3.61. The van der Waals surface area contributed by atoms with E-state index in [0.717, 1.165) is 22.8 Å². The fraction of sp³-hybridized carbons (Fsp3) is 0.750. The molecule has 1 heterocycles. The highest BCUT2D eigenvalue weighted by Crippen LogP contribution is 2.77. The Morgan fingerprint density at radius 3 is 2.44 bits per heavy atom. The molecule has 5 saturated carbocycles. The number of thiophene rings is 1. The highest BCUT2D eigenvalue weighted by Gasteiger charge is 2.70. The maximum Gasteiger partial charge on any atom is 0.120 e. The van der Waals surface area contributed by atoms with Gasteiger partial charge in [0.1, 0.15) is 10.9 Å². The van der Waals surface area contributed by atoms with Gasteiger partial charge in [-0.15, -0.1) is 11.3 Å². The van der Waals surface area contributed by atoms with Crippen molar-refractivity contribution in [1.29, 1.82) is 5.26 Å². The second-order valence-electron chi connectivity index (χ2n) is 15.7. The third-order valence-electron chi connectivity index (χ3n) is 14.3. The Morgan fingerprint density at radius 1 is 0.949 bits per heavy atom. The molecule has 0 bridgehead atoms. The Labute approximate surface area is 241 Å². The first-order chi connectivity index (χ1) is 18.3. The zero-order valence-corrected chi connectivity index (χ0v) is 26.0. The number of allylic oxidation sites excluding steroid dienone is 1. The molecule has 0 saturated heterocycles. The molecule has 5 aliphatic carbocycles. The smallest absolute Gasteiger partial charge is 0.120 e. The van der Waals surface area contributed by atoms with Crippen LogP contribution in [0.3, 0.4) is 0 Å². The van der Waals surface area contributed by atoms with Crippen molar-refractivity contribution in [1.82, 2.24) is 0 Å². The maximum absolute atomic E-state index is 11.0. The lowest BCUT2D eigenvalue weighted by Gasteiger charge is -2.72. The number of hydrogen-bond donors (Lipinski definition) is 1. The van der Waals surface area contributed by atoms with Gasteiger partial charge in [-0.25, -0.2) is 0 Å². The zero-order valence-electron chi connectivity index (χ0n) is 25.2. The first-order valence-electron chi connectivity index (χ1n) is 15.7. The molecule has 5 unspecified atom stereocenters. The number of aliphatic hydroxyl groups is 1. The van der Waals surface area contributed by atoms with Gasteiger partial charge in [-0.1, -0.05) is 58.6 Å². The predicted molar refractivity (Wildman–Crippen MR) is 161 cm³/mol. The van der Waals surface area contributed by atoms with Crippen LogP contribution in [0.25, 0.3) is 0 Å². The SMILES string of the molecule is C=C(C)C1CC[C@]2(C#Cc3ccsc3C#N)CC[C@]3(C)C(CCC4[C@@]5(C)CC[C@H](O)C(C)(C)C5CC[C@]43C)C12. The second kappa shape index (κ2) is 8.97. The van der Waals surface area contributed by atoms with Crippen molar-refractivity contribution in [2.45, 2.75) is 112 Å². The molecule has 3 heteroatoms. The Bertz CT molecular complexity index is 1270. The molecular weight excluding hydrogens is 494 g/mol. The maximum atomic E-state index is 11.0. The van der Waals surface area contributed by atoms with Gasteiger partial charge >= 0.3 is 0 Å². The molecule has 0 spiro atoms. The molecule has 10 atom stereocenters. The Morgan fingerprint density at radius 2 is 1.72 bits per heavy atom. The number of fused-ring (bicyclic) bond motifs is 7. The summed E-state index contributed by atoms with van der Waals surface area (Å²) in [7, 11) is 0. The molecule has 2 nitrogen and oxygen atoms in total. The molecule has 5 aliphatic rings. The minimum absolute atomic E-state index is 0.00380. The average Bonchev–Trinajstić information content (AvgIpc) is 3.50. The highest BCUT2D eigenvalue weighted by atomic mass is 32.1. The van der Waals surface area contributed by atoms with Crippen LogP contribution in [0.2, 0.25) is 0 Å². The van der Waals surface area contributed by atoms with Crippen molar-refractivity contribution < 1.29 is 5.11 Å². The molecule has 1 N–H and O–H groups in total. The van der Waals surface area contributed by atoms with Crippen LogP contribution in [-0.2, 0) is 0 Å². The lowest BCUT2D eigenvalue weighted by molar-refractivity contribution is -0.244. The predicted octanol–water partition coefficient (Wildman–Crippen LogP) is 8.99. The van der Waals surface area contributed by atoms with Crippen LogP contribution in [0.4, 0.5) is 0 Å². The molecule has 0 aliphatic heterocycles. The molecule has 0 aromatic carbocycles. The van der Waals surface area contributed by atoms with Gasteiger partial charge in [0.25, 0.3) is 0 Å². The molecule has 0 radical (unpaired) electrons. The van der Waals surface area contributed by atoms with Crippen LogP contribution in [0, 0.1) is 79.8 Å². The molecule has 1 aromatic heterocycles. The van der Waals surface area contributed by atoms with Crippen molar-refractivity contribution >= 4 is 11.3 Å². The molecule has 39 heavy (non-hydrogen) atoms. The van der Waals surface area contributed by atoms with Gasteiger partial charge in [-0.05, 0) is 134 Å². The molecular formula is C36H49NOS. The number of nitriles is 1. The lowest BCUT2D eigenvalue weighted by atomic mass is 9.32. The summed E-state index contributed by atoms with van der Waals surface area (Å²) in [6.07, 6.45) is 12.0. The van der Waals surface area contributed by atoms with Crippen LogP contribution < -0.4 is 0 Å². The molecule has 0 amide bonds. The third-order valence-corrected chi connectivity index (χ3v) is 15.1. The van der Waals surface area contributed by atoms with Gasteiger partial charge in [-0.3, -0.25) is 0 Å². The van der Waals surface area contributed by atoms with Crippen molar-refractivity contribution in [3.63, 3.8) is 0 Å². The van der Waals surface area contributed by atoms with E-state index in [2.05, 4.69) is 66.0 Å². The van der Waals surface area contributed by atoms with E-state index in [1.165, 1.54) is 74.7 Å². The standard InChI is InChI=1S/C36H49NOS/c1-23(2)25-11-18-36(17-10-24-14-21-39-27(24)22-37)20-19-34(6)26(31(25)36)8-9-29-33(5)15-13-30(38)32(3,4)28(33)12-16-35(29,34)7/h14,21,25-26,28-31,38H,1,8-9,11-13,15-16,18-20H2,2-7H3/t25?,26?,28?,29?,30-,31?,33-,34+,35+,36+/m0/s1. The van der Waals surface area contributed by atoms with E-state index in [1.54, 1.807) is 0 Å². The minimum Gasteiger partial charge on any atom is -0.393 e. The Hall–Kier alpha value is -1.55. The summed E-state index contributed by atoms with van der Waals surface area (Å²) in [6.45, 7) is 19.5. The average molecular weight is 544 g/mol. The molecule has 1 aromatic rings. The highest BCUT2D eigenvalue weighted by molar-refractivity contribution is 7.10. The normalized spacial score (nSPS) is 47.8. The van der Waals surface area contributed by atoms with Crippen molar-refractivity contribution in [3.05, 3.63) is 34.0 Å². The van der Waals surface area contributed by atoms with Crippen molar-refractivity contribution in [2.24, 2.45) is 56.7 Å². The summed E-state index contributed by atoms with van der Waals surface area (Å²) in [5.74, 6) is 10.6. The van der Waals surface area contributed by atoms with Gasteiger partial charge in [0, 0.05) is 5.41 Å². The van der Waals surface area contributed by atoms with Crippen LogP contribution in [0.1, 0.15) is 116 Å². The Kier molecular flexibility index (Phi) is 6.35. The van der Waals surface area contributed by atoms with E-state index in [0.29, 0.717) is 39.9 Å². The van der Waals surface area contributed by atoms with E-state index in [-0.39, 0.29) is 16.9 Å². The van der Waals surface area contributed by atoms with Crippen molar-refractivity contribution in [2.75, 3.05) is 0 Å². The van der Waals surface area contributed by atoms with Gasteiger partial charge < -0.3 is 5.11 Å². The van der Waals surface area contributed by atoms with E-state index in [1.807, 2.05) is 11.4 Å².